The minimum absolute atomic E-state index is 0.717. The molecular weight excluding hydrogens is 224 g/mol. The van der Waals surface area contributed by atoms with Gasteiger partial charge >= 0.3 is 0 Å². The maximum absolute atomic E-state index is 5.40. The van der Waals surface area contributed by atoms with Crippen molar-refractivity contribution in [2.75, 3.05) is 19.8 Å². The Morgan fingerprint density at radius 3 is 2.89 bits per heavy atom. The zero-order valence-corrected chi connectivity index (χ0v) is 11.7. The average molecular weight is 250 g/mol. The zero-order chi connectivity index (χ0) is 12.8. The summed E-state index contributed by atoms with van der Waals surface area (Å²) < 4.78 is 7.73. The van der Waals surface area contributed by atoms with E-state index in [1.807, 2.05) is 0 Å². The summed E-state index contributed by atoms with van der Waals surface area (Å²) in [6.07, 6.45) is 6.91. The third-order valence-electron chi connectivity index (χ3n) is 3.50. The molecule has 1 aromatic heterocycles. The molecule has 2 rings (SSSR count). The van der Waals surface area contributed by atoms with Crippen LogP contribution in [0.5, 0.6) is 0 Å². The first kappa shape index (κ1) is 13.6. The van der Waals surface area contributed by atoms with Crippen LogP contribution in [0.2, 0.25) is 0 Å². The largest absolute Gasteiger partial charge is 0.381 e. The lowest BCUT2D eigenvalue weighted by atomic mass is 10.0. The van der Waals surface area contributed by atoms with E-state index in [4.69, 9.17) is 4.74 Å². The Labute approximate surface area is 111 Å². The first-order valence-corrected chi connectivity index (χ1v) is 7.17. The van der Waals surface area contributed by atoms with Crippen molar-refractivity contribution in [1.82, 2.24) is 9.88 Å². The highest BCUT2D eigenvalue weighted by Gasteiger charge is 2.13. The van der Waals surface area contributed by atoms with Crippen molar-refractivity contribution in [2.24, 2.45) is 11.8 Å². The van der Waals surface area contributed by atoms with Gasteiger partial charge in [-0.3, -0.25) is 0 Å². The molecule has 0 saturated carbocycles. The zero-order valence-electron chi connectivity index (χ0n) is 11.7. The lowest BCUT2D eigenvalue weighted by molar-refractivity contribution is 0.0613. The summed E-state index contributed by atoms with van der Waals surface area (Å²) in [4.78, 5) is 0. The minimum Gasteiger partial charge on any atom is -0.381 e. The van der Waals surface area contributed by atoms with E-state index in [1.54, 1.807) is 0 Å². The molecule has 3 nitrogen and oxygen atoms in total. The van der Waals surface area contributed by atoms with Crippen LogP contribution in [0.15, 0.2) is 18.5 Å². The lowest BCUT2D eigenvalue weighted by Gasteiger charge is -2.22. The molecule has 102 valence electrons. The minimum atomic E-state index is 0.717. The Morgan fingerprint density at radius 1 is 1.39 bits per heavy atom. The quantitative estimate of drug-likeness (QED) is 0.840. The van der Waals surface area contributed by atoms with E-state index >= 15 is 0 Å². The second-order valence-corrected chi connectivity index (χ2v) is 5.80. The predicted molar refractivity (Wildman–Crippen MR) is 74.5 cm³/mol. The number of aromatic nitrogens is 1. The molecule has 0 atom stereocenters. The van der Waals surface area contributed by atoms with E-state index < -0.39 is 0 Å². The predicted octanol–water partition coefficient (Wildman–Crippen LogP) is 2.66. The number of hydrogen-bond acceptors (Lipinski definition) is 2. The molecular formula is C15H26N2O. The van der Waals surface area contributed by atoms with Gasteiger partial charge in [0.25, 0.3) is 0 Å². The molecule has 2 heterocycles. The van der Waals surface area contributed by atoms with E-state index in [-0.39, 0.29) is 0 Å². The van der Waals surface area contributed by atoms with Crippen molar-refractivity contribution in [3.63, 3.8) is 0 Å². The van der Waals surface area contributed by atoms with Crippen LogP contribution in [0.1, 0.15) is 32.3 Å². The van der Waals surface area contributed by atoms with Crippen molar-refractivity contribution < 1.29 is 4.74 Å². The molecule has 1 aliphatic rings. The number of nitrogens with one attached hydrogen (secondary N) is 1. The van der Waals surface area contributed by atoms with Crippen LogP contribution >= 0.6 is 0 Å². The third-order valence-corrected chi connectivity index (χ3v) is 3.50. The second kappa shape index (κ2) is 6.95. The second-order valence-electron chi connectivity index (χ2n) is 5.80. The fourth-order valence-corrected chi connectivity index (χ4v) is 2.44. The highest BCUT2D eigenvalue weighted by Crippen LogP contribution is 2.17. The van der Waals surface area contributed by atoms with Crippen LogP contribution in [0.4, 0.5) is 0 Å². The average Bonchev–Trinajstić information content (AvgIpc) is 2.78. The van der Waals surface area contributed by atoms with Crippen LogP contribution in [0.3, 0.4) is 0 Å². The van der Waals surface area contributed by atoms with Gasteiger partial charge in [0.1, 0.15) is 0 Å². The first-order chi connectivity index (χ1) is 8.74. The van der Waals surface area contributed by atoms with Crippen molar-refractivity contribution in [3.8, 4) is 0 Å². The molecule has 0 spiro atoms. The molecule has 1 N–H and O–H groups in total. The molecule has 18 heavy (non-hydrogen) atoms. The summed E-state index contributed by atoms with van der Waals surface area (Å²) in [5, 5.41) is 3.48. The lowest BCUT2D eigenvalue weighted by Crippen LogP contribution is -2.20. The van der Waals surface area contributed by atoms with E-state index in [9.17, 15) is 0 Å². The topological polar surface area (TPSA) is 26.2 Å². The Morgan fingerprint density at radius 2 is 2.17 bits per heavy atom. The van der Waals surface area contributed by atoms with Crippen LogP contribution in [-0.4, -0.2) is 24.3 Å². The molecule has 0 aromatic carbocycles. The number of rotatable bonds is 6. The van der Waals surface area contributed by atoms with E-state index in [0.29, 0.717) is 5.92 Å². The number of hydrogen-bond donors (Lipinski definition) is 1. The number of ether oxygens (including phenoxy) is 1. The molecule has 0 amide bonds. The summed E-state index contributed by atoms with van der Waals surface area (Å²) in [6, 6.07) is 2.23. The van der Waals surface area contributed by atoms with Crippen LogP contribution in [-0.2, 0) is 17.8 Å². The monoisotopic (exact) mass is 250 g/mol. The standard InChI is InChI=1S/C15H26N2O/c1-13(2)9-16-10-15-3-6-17(12-15)11-14-4-7-18-8-5-14/h3,6,12-14,16H,4-5,7-11H2,1-2H3. The maximum atomic E-state index is 5.40. The first-order valence-electron chi connectivity index (χ1n) is 7.17. The summed E-state index contributed by atoms with van der Waals surface area (Å²) in [7, 11) is 0. The molecule has 0 unspecified atom stereocenters. The van der Waals surface area contributed by atoms with E-state index in [1.165, 1.54) is 18.4 Å². The van der Waals surface area contributed by atoms with Crippen LogP contribution in [0.25, 0.3) is 0 Å². The Balaban J connectivity index is 1.74. The number of nitrogens with zero attached hydrogens (tertiary/aromatic N) is 1. The van der Waals surface area contributed by atoms with Gasteiger partial charge in [-0.15, -0.1) is 0 Å². The van der Waals surface area contributed by atoms with Crippen molar-refractivity contribution in [3.05, 3.63) is 24.0 Å². The molecule has 3 heteroatoms. The molecule has 0 bridgehead atoms. The molecule has 0 aliphatic carbocycles. The highest BCUT2D eigenvalue weighted by atomic mass is 16.5. The van der Waals surface area contributed by atoms with Gasteiger partial charge in [0.2, 0.25) is 0 Å². The SMILES string of the molecule is CC(C)CNCc1ccn(CC2CCOCC2)c1. The van der Waals surface area contributed by atoms with Crippen molar-refractivity contribution in [1.29, 1.82) is 0 Å². The fourth-order valence-electron chi connectivity index (χ4n) is 2.44. The summed E-state index contributed by atoms with van der Waals surface area (Å²) in [5.41, 5.74) is 1.39. The van der Waals surface area contributed by atoms with E-state index in [0.717, 1.165) is 38.8 Å². The van der Waals surface area contributed by atoms with Gasteiger partial charge in [0.05, 0.1) is 0 Å². The molecule has 1 fully saturated rings. The molecule has 1 aromatic rings. The summed E-state index contributed by atoms with van der Waals surface area (Å²) in [6.45, 7) is 9.58. The maximum Gasteiger partial charge on any atom is 0.0469 e. The highest BCUT2D eigenvalue weighted by molar-refractivity contribution is 5.10. The van der Waals surface area contributed by atoms with E-state index in [2.05, 4.69) is 42.2 Å². The Bertz CT molecular complexity index is 340. The van der Waals surface area contributed by atoms with Gasteiger partial charge in [-0.05, 0) is 42.9 Å². The van der Waals surface area contributed by atoms with Gasteiger partial charge in [0.15, 0.2) is 0 Å². The van der Waals surface area contributed by atoms with Gasteiger partial charge in [0, 0.05) is 38.7 Å². The van der Waals surface area contributed by atoms with Gasteiger partial charge in [-0.1, -0.05) is 13.8 Å². The molecule has 0 radical (unpaired) electrons. The van der Waals surface area contributed by atoms with Crippen LogP contribution < -0.4 is 5.32 Å². The molecule has 1 aliphatic heterocycles. The summed E-state index contributed by atoms with van der Waals surface area (Å²) in [5.74, 6) is 1.51. The van der Waals surface area contributed by atoms with Gasteiger partial charge < -0.3 is 14.6 Å². The summed E-state index contributed by atoms with van der Waals surface area (Å²) >= 11 is 0. The normalized spacial score (nSPS) is 17.5. The van der Waals surface area contributed by atoms with Crippen molar-refractivity contribution in [2.45, 2.75) is 39.8 Å². The fraction of sp³-hybridized carbons (Fsp3) is 0.733. The van der Waals surface area contributed by atoms with Crippen LogP contribution in [0, 0.1) is 11.8 Å². The van der Waals surface area contributed by atoms with Gasteiger partial charge in [-0.2, -0.15) is 0 Å². The Hall–Kier alpha value is -0.800. The smallest absolute Gasteiger partial charge is 0.0469 e. The van der Waals surface area contributed by atoms with Crippen molar-refractivity contribution >= 4 is 0 Å². The third kappa shape index (κ3) is 4.46. The van der Waals surface area contributed by atoms with Gasteiger partial charge in [-0.25, -0.2) is 0 Å². The molecule has 1 saturated heterocycles. The Kier molecular flexibility index (Phi) is 5.26.